The Bertz CT molecular complexity index is 349. The molecule has 0 radical (unpaired) electrons. The van der Waals surface area contributed by atoms with Crippen LogP contribution in [-0.4, -0.2) is 38.8 Å². The molecule has 5 heteroatoms. The van der Waals surface area contributed by atoms with Gasteiger partial charge in [0.15, 0.2) is 0 Å². The van der Waals surface area contributed by atoms with Crippen LogP contribution in [0.25, 0.3) is 0 Å². The lowest BCUT2D eigenvalue weighted by Crippen LogP contribution is -2.35. The van der Waals surface area contributed by atoms with E-state index >= 15 is 0 Å². The van der Waals surface area contributed by atoms with Crippen LogP contribution >= 0.6 is 0 Å². The number of aromatic nitrogens is 2. The van der Waals surface area contributed by atoms with Crippen molar-refractivity contribution in [1.29, 1.82) is 0 Å². The number of hydrogen-bond donors (Lipinski definition) is 1. The number of aliphatic carboxylic acids is 1. The smallest absolute Gasteiger partial charge is 0.320 e. The standard InChI is InChI=1S/C11H19N3O2/c1-4-7-14-10(5-6-12-14)8-13(3)9(2)11(15)16/h5-6,9H,4,7-8H2,1-3H3,(H,15,16). The van der Waals surface area contributed by atoms with Crippen LogP contribution in [-0.2, 0) is 17.9 Å². The van der Waals surface area contributed by atoms with Gasteiger partial charge in [-0.2, -0.15) is 5.10 Å². The van der Waals surface area contributed by atoms with Crippen molar-refractivity contribution in [1.82, 2.24) is 14.7 Å². The van der Waals surface area contributed by atoms with Crippen molar-refractivity contribution in [3.8, 4) is 0 Å². The van der Waals surface area contributed by atoms with Crippen molar-refractivity contribution in [3.63, 3.8) is 0 Å². The zero-order valence-electron chi connectivity index (χ0n) is 10.1. The van der Waals surface area contributed by atoms with Crippen LogP contribution in [0.5, 0.6) is 0 Å². The summed E-state index contributed by atoms with van der Waals surface area (Å²) in [7, 11) is 1.81. The molecule has 1 N–H and O–H groups in total. The molecule has 0 fully saturated rings. The summed E-state index contributed by atoms with van der Waals surface area (Å²) < 4.78 is 1.92. The van der Waals surface area contributed by atoms with Crippen molar-refractivity contribution < 1.29 is 9.90 Å². The highest BCUT2D eigenvalue weighted by atomic mass is 16.4. The maximum atomic E-state index is 10.8. The quantitative estimate of drug-likeness (QED) is 0.790. The lowest BCUT2D eigenvalue weighted by atomic mass is 10.3. The molecule has 0 bridgehead atoms. The first-order valence-corrected chi connectivity index (χ1v) is 5.50. The van der Waals surface area contributed by atoms with Gasteiger partial charge < -0.3 is 5.11 Å². The summed E-state index contributed by atoms with van der Waals surface area (Å²) in [5, 5.41) is 13.1. The Morgan fingerprint density at radius 1 is 1.69 bits per heavy atom. The molecule has 1 unspecified atom stereocenters. The fourth-order valence-electron chi connectivity index (χ4n) is 1.49. The lowest BCUT2D eigenvalue weighted by Gasteiger charge is -2.21. The Balaban J connectivity index is 2.65. The minimum Gasteiger partial charge on any atom is -0.480 e. The third-order valence-electron chi connectivity index (χ3n) is 2.67. The summed E-state index contributed by atoms with van der Waals surface area (Å²) >= 11 is 0. The molecule has 0 aliphatic heterocycles. The zero-order chi connectivity index (χ0) is 12.1. The molecule has 0 aliphatic carbocycles. The molecule has 1 aromatic rings. The third-order valence-corrected chi connectivity index (χ3v) is 2.67. The molecule has 0 saturated heterocycles. The summed E-state index contributed by atoms with van der Waals surface area (Å²) in [6.07, 6.45) is 2.77. The van der Waals surface area contributed by atoms with Crippen LogP contribution in [0.4, 0.5) is 0 Å². The summed E-state index contributed by atoms with van der Waals surface area (Å²) in [4.78, 5) is 12.6. The average Bonchev–Trinajstić information content (AvgIpc) is 2.65. The number of nitrogens with zero attached hydrogens (tertiary/aromatic N) is 3. The van der Waals surface area contributed by atoms with Crippen molar-refractivity contribution in [2.75, 3.05) is 7.05 Å². The highest BCUT2D eigenvalue weighted by Crippen LogP contribution is 2.06. The van der Waals surface area contributed by atoms with Crippen molar-refractivity contribution >= 4 is 5.97 Å². The monoisotopic (exact) mass is 225 g/mol. The Hall–Kier alpha value is -1.36. The highest BCUT2D eigenvalue weighted by Gasteiger charge is 2.17. The Morgan fingerprint density at radius 2 is 2.38 bits per heavy atom. The average molecular weight is 225 g/mol. The van der Waals surface area contributed by atoms with E-state index in [1.165, 1.54) is 0 Å². The van der Waals surface area contributed by atoms with Crippen molar-refractivity contribution in [2.24, 2.45) is 0 Å². The maximum Gasteiger partial charge on any atom is 0.320 e. The fraction of sp³-hybridized carbons (Fsp3) is 0.636. The number of aryl methyl sites for hydroxylation is 1. The van der Waals surface area contributed by atoms with E-state index in [1.807, 2.05) is 17.8 Å². The molecule has 1 atom stereocenters. The van der Waals surface area contributed by atoms with Gasteiger partial charge in [-0.05, 0) is 26.5 Å². The van der Waals surface area contributed by atoms with Crippen molar-refractivity contribution in [2.45, 2.75) is 39.4 Å². The van der Waals surface area contributed by atoms with Gasteiger partial charge >= 0.3 is 5.97 Å². The molecule has 0 spiro atoms. The van der Waals surface area contributed by atoms with Gasteiger partial charge in [-0.1, -0.05) is 6.92 Å². The predicted octanol–water partition coefficient (Wildman–Crippen LogP) is 1.20. The van der Waals surface area contributed by atoms with Crippen LogP contribution in [0, 0.1) is 0 Å². The first-order chi connectivity index (χ1) is 7.56. The fourth-order valence-corrected chi connectivity index (χ4v) is 1.49. The Morgan fingerprint density at radius 3 is 2.94 bits per heavy atom. The minimum absolute atomic E-state index is 0.482. The Labute approximate surface area is 95.7 Å². The highest BCUT2D eigenvalue weighted by molar-refractivity contribution is 5.72. The molecule has 16 heavy (non-hydrogen) atoms. The number of carboxylic acids is 1. The van der Waals surface area contributed by atoms with Gasteiger partial charge in [0.05, 0.1) is 5.69 Å². The maximum absolute atomic E-state index is 10.8. The molecule has 1 heterocycles. The second-order valence-electron chi connectivity index (χ2n) is 3.98. The zero-order valence-corrected chi connectivity index (χ0v) is 10.1. The lowest BCUT2D eigenvalue weighted by molar-refractivity contribution is -0.142. The van der Waals surface area contributed by atoms with Crippen LogP contribution in [0.1, 0.15) is 26.0 Å². The van der Waals surface area contributed by atoms with E-state index in [0.717, 1.165) is 18.7 Å². The number of rotatable bonds is 6. The van der Waals surface area contributed by atoms with Crippen LogP contribution in [0.3, 0.4) is 0 Å². The van der Waals surface area contributed by atoms with Crippen LogP contribution in [0.2, 0.25) is 0 Å². The molecular formula is C11H19N3O2. The molecular weight excluding hydrogens is 206 g/mol. The molecule has 90 valence electrons. The third kappa shape index (κ3) is 3.06. The molecule has 1 rings (SSSR count). The van der Waals surface area contributed by atoms with E-state index < -0.39 is 12.0 Å². The second kappa shape index (κ2) is 5.65. The number of carboxylic acid groups (broad SMARTS) is 1. The molecule has 0 aliphatic rings. The topological polar surface area (TPSA) is 58.4 Å². The molecule has 1 aromatic heterocycles. The minimum atomic E-state index is -0.802. The van der Waals surface area contributed by atoms with Crippen LogP contribution < -0.4 is 0 Å². The molecule has 0 amide bonds. The van der Waals surface area contributed by atoms with Gasteiger partial charge in [0.25, 0.3) is 0 Å². The summed E-state index contributed by atoms with van der Waals surface area (Å²) in [5.41, 5.74) is 1.05. The molecule has 5 nitrogen and oxygen atoms in total. The van der Waals surface area contributed by atoms with Gasteiger partial charge in [-0.3, -0.25) is 14.4 Å². The first-order valence-electron chi connectivity index (χ1n) is 5.50. The summed E-state index contributed by atoms with van der Waals surface area (Å²) in [6.45, 7) is 5.25. The second-order valence-corrected chi connectivity index (χ2v) is 3.98. The summed E-state index contributed by atoms with van der Waals surface area (Å²) in [5.74, 6) is -0.802. The van der Waals surface area contributed by atoms with E-state index in [0.29, 0.717) is 6.54 Å². The number of carbonyl (C=O) groups is 1. The molecule has 0 aromatic carbocycles. The SMILES string of the molecule is CCCn1nccc1CN(C)C(C)C(=O)O. The van der Waals surface area contributed by atoms with E-state index in [9.17, 15) is 4.79 Å². The Kier molecular flexibility index (Phi) is 4.49. The predicted molar refractivity (Wildman–Crippen MR) is 61.1 cm³/mol. The number of hydrogen-bond acceptors (Lipinski definition) is 3. The van der Waals surface area contributed by atoms with E-state index in [4.69, 9.17) is 5.11 Å². The largest absolute Gasteiger partial charge is 0.480 e. The van der Waals surface area contributed by atoms with Gasteiger partial charge in [-0.25, -0.2) is 0 Å². The first kappa shape index (κ1) is 12.7. The van der Waals surface area contributed by atoms with Gasteiger partial charge in [0.1, 0.15) is 6.04 Å². The van der Waals surface area contributed by atoms with Gasteiger partial charge in [0.2, 0.25) is 0 Å². The van der Waals surface area contributed by atoms with Gasteiger partial charge in [0, 0.05) is 19.3 Å². The normalized spacial score (nSPS) is 13.0. The van der Waals surface area contributed by atoms with Crippen molar-refractivity contribution in [3.05, 3.63) is 18.0 Å². The van der Waals surface area contributed by atoms with E-state index in [1.54, 1.807) is 18.0 Å². The molecule has 0 saturated carbocycles. The van der Waals surface area contributed by atoms with Crippen LogP contribution in [0.15, 0.2) is 12.3 Å². The van der Waals surface area contributed by atoms with Gasteiger partial charge in [-0.15, -0.1) is 0 Å². The summed E-state index contributed by atoms with van der Waals surface area (Å²) in [6, 6.07) is 1.45. The van der Waals surface area contributed by atoms with E-state index in [2.05, 4.69) is 12.0 Å². The number of likely N-dealkylation sites (N-methyl/N-ethyl adjacent to an activating group) is 1. The van der Waals surface area contributed by atoms with E-state index in [-0.39, 0.29) is 0 Å².